The molecule has 138 valence electrons. The Balaban J connectivity index is 1.80. The first-order valence-electron chi connectivity index (χ1n) is 9.43. The predicted octanol–water partition coefficient (Wildman–Crippen LogP) is 3.67. The van der Waals surface area contributed by atoms with E-state index in [0.29, 0.717) is 0 Å². The van der Waals surface area contributed by atoms with Crippen LogP contribution >= 0.6 is 0 Å². The molecule has 0 saturated heterocycles. The lowest BCUT2D eigenvalue weighted by Gasteiger charge is -2.21. The van der Waals surface area contributed by atoms with Gasteiger partial charge in [-0.05, 0) is 33.0 Å². The number of esters is 2. The van der Waals surface area contributed by atoms with E-state index in [9.17, 15) is 9.59 Å². The summed E-state index contributed by atoms with van der Waals surface area (Å²) in [6.07, 6.45) is 0. The maximum Gasteiger partial charge on any atom is 0.318 e. The molecule has 0 aromatic heterocycles. The van der Waals surface area contributed by atoms with Crippen molar-refractivity contribution in [3.8, 4) is 0 Å². The Morgan fingerprint density at radius 3 is 2.25 bits per heavy atom. The molecule has 3 aromatic rings. The molecule has 3 aliphatic carbocycles. The summed E-state index contributed by atoms with van der Waals surface area (Å²) >= 11 is 0. The summed E-state index contributed by atoms with van der Waals surface area (Å²) in [7, 11) is 2.80. The third-order valence-electron chi connectivity index (χ3n) is 7.25. The second kappa shape index (κ2) is 4.82. The molecular formula is C24H18O4. The van der Waals surface area contributed by atoms with Crippen LogP contribution in [0.4, 0.5) is 0 Å². The molecule has 1 fully saturated rings. The van der Waals surface area contributed by atoms with Crippen molar-refractivity contribution in [1.29, 1.82) is 0 Å². The first kappa shape index (κ1) is 15.9. The summed E-state index contributed by atoms with van der Waals surface area (Å²) in [6.45, 7) is 0. The van der Waals surface area contributed by atoms with Gasteiger partial charge in [0.25, 0.3) is 0 Å². The average molecular weight is 370 g/mol. The Morgan fingerprint density at radius 1 is 0.821 bits per heavy atom. The molecule has 3 aliphatic rings. The fourth-order valence-electron chi connectivity index (χ4n) is 6.49. The van der Waals surface area contributed by atoms with Crippen molar-refractivity contribution in [2.75, 3.05) is 14.2 Å². The van der Waals surface area contributed by atoms with Gasteiger partial charge in [-0.2, -0.15) is 0 Å². The Kier molecular flexibility index (Phi) is 2.73. The van der Waals surface area contributed by atoms with Crippen molar-refractivity contribution < 1.29 is 19.1 Å². The van der Waals surface area contributed by atoms with Gasteiger partial charge >= 0.3 is 11.9 Å². The van der Waals surface area contributed by atoms with Crippen LogP contribution in [0.1, 0.15) is 34.1 Å². The van der Waals surface area contributed by atoms with Crippen molar-refractivity contribution in [1.82, 2.24) is 0 Å². The number of benzene rings is 3. The molecule has 0 heterocycles. The minimum absolute atomic E-state index is 0.207. The third-order valence-corrected chi connectivity index (χ3v) is 7.25. The largest absolute Gasteiger partial charge is 0.469 e. The Labute approximate surface area is 162 Å². The highest BCUT2D eigenvalue weighted by Crippen LogP contribution is 2.89. The van der Waals surface area contributed by atoms with Crippen LogP contribution in [0.3, 0.4) is 0 Å². The van der Waals surface area contributed by atoms with E-state index in [4.69, 9.17) is 9.47 Å². The van der Waals surface area contributed by atoms with E-state index in [-0.39, 0.29) is 23.8 Å². The van der Waals surface area contributed by atoms with Gasteiger partial charge in [-0.1, -0.05) is 60.7 Å². The SMILES string of the molecule is COC(=O)C12c3ccc4ccccc4c3C3c4ccccc4C1C32C(=O)OC. The number of carbonyl (C=O) groups excluding carboxylic acids is 2. The van der Waals surface area contributed by atoms with Gasteiger partial charge in [0.15, 0.2) is 0 Å². The monoisotopic (exact) mass is 370 g/mol. The molecule has 4 atom stereocenters. The number of rotatable bonds is 2. The minimum Gasteiger partial charge on any atom is -0.469 e. The normalized spacial score (nSPS) is 30.4. The van der Waals surface area contributed by atoms with Gasteiger partial charge in [0.1, 0.15) is 10.8 Å². The molecule has 0 bridgehead atoms. The van der Waals surface area contributed by atoms with Crippen molar-refractivity contribution in [3.63, 3.8) is 0 Å². The Morgan fingerprint density at radius 2 is 1.50 bits per heavy atom. The van der Waals surface area contributed by atoms with E-state index in [2.05, 4.69) is 18.2 Å². The highest BCUT2D eigenvalue weighted by Gasteiger charge is 2.95. The molecule has 0 N–H and O–H groups in total. The molecule has 0 aliphatic heterocycles. The van der Waals surface area contributed by atoms with Gasteiger partial charge in [0.2, 0.25) is 0 Å². The van der Waals surface area contributed by atoms with Crippen LogP contribution in [0.5, 0.6) is 0 Å². The van der Waals surface area contributed by atoms with Crippen LogP contribution in [-0.4, -0.2) is 26.2 Å². The second-order valence-electron chi connectivity index (χ2n) is 7.90. The van der Waals surface area contributed by atoms with Crippen LogP contribution in [0.15, 0.2) is 60.7 Å². The van der Waals surface area contributed by atoms with Gasteiger partial charge in [0, 0.05) is 11.8 Å². The molecule has 1 saturated carbocycles. The maximum atomic E-state index is 13.3. The topological polar surface area (TPSA) is 52.6 Å². The van der Waals surface area contributed by atoms with E-state index >= 15 is 0 Å². The van der Waals surface area contributed by atoms with Gasteiger partial charge in [0.05, 0.1) is 14.2 Å². The number of hydrogen-bond acceptors (Lipinski definition) is 4. The van der Waals surface area contributed by atoms with Crippen LogP contribution in [0, 0.1) is 5.41 Å². The predicted molar refractivity (Wildman–Crippen MR) is 103 cm³/mol. The fourth-order valence-corrected chi connectivity index (χ4v) is 6.49. The van der Waals surface area contributed by atoms with E-state index < -0.39 is 10.8 Å². The third kappa shape index (κ3) is 1.32. The van der Waals surface area contributed by atoms with Crippen LogP contribution < -0.4 is 0 Å². The minimum atomic E-state index is -1.01. The zero-order chi connectivity index (χ0) is 19.3. The lowest BCUT2D eigenvalue weighted by Crippen LogP contribution is -2.34. The zero-order valence-electron chi connectivity index (χ0n) is 15.6. The molecule has 0 radical (unpaired) electrons. The average Bonchev–Trinajstić information content (AvgIpc) is 3.18. The molecule has 28 heavy (non-hydrogen) atoms. The fraction of sp³-hybridized carbons (Fsp3) is 0.250. The van der Waals surface area contributed by atoms with Gasteiger partial charge in [-0.25, -0.2) is 0 Å². The molecule has 4 unspecified atom stereocenters. The molecule has 6 rings (SSSR count). The summed E-state index contributed by atoms with van der Waals surface area (Å²) in [5, 5.41) is 2.18. The van der Waals surface area contributed by atoms with E-state index in [0.717, 1.165) is 33.0 Å². The Bertz CT molecular complexity index is 1210. The summed E-state index contributed by atoms with van der Waals surface area (Å²) < 4.78 is 10.6. The van der Waals surface area contributed by atoms with Crippen LogP contribution in [-0.2, 0) is 24.5 Å². The number of hydrogen-bond donors (Lipinski definition) is 0. The quantitative estimate of drug-likeness (QED) is 0.646. The lowest BCUT2D eigenvalue weighted by atomic mass is 9.81. The van der Waals surface area contributed by atoms with Gasteiger partial charge < -0.3 is 9.47 Å². The zero-order valence-corrected chi connectivity index (χ0v) is 15.6. The van der Waals surface area contributed by atoms with E-state index in [1.807, 2.05) is 42.5 Å². The second-order valence-corrected chi connectivity index (χ2v) is 7.90. The summed E-state index contributed by atoms with van der Waals surface area (Å²) in [5.74, 6) is -1.13. The van der Waals surface area contributed by atoms with Crippen molar-refractivity contribution in [3.05, 3.63) is 82.9 Å². The Hall–Kier alpha value is -3.14. The van der Waals surface area contributed by atoms with Crippen molar-refractivity contribution in [2.45, 2.75) is 17.3 Å². The van der Waals surface area contributed by atoms with Gasteiger partial charge in [-0.3, -0.25) is 9.59 Å². The molecule has 0 amide bonds. The molecule has 4 nitrogen and oxygen atoms in total. The van der Waals surface area contributed by atoms with E-state index in [1.165, 1.54) is 14.2 Å². The first-order valence-corrected chi connectivity index (χ1v) is 9.43. The highest BCUT2D eigenvalue weighted by atomic mass is 16.5. The number of methoxy groups -OCH3 is 2. The van der Waals surface area contributed by atoms with Gasteiger partial charge in [-0.15, -0.1) is 0 Å². The van der Waals surface area contributed by atoms with Crippen molar-refractivity contribution >= 4 is 22.7 Å². The molecule has 0 spiro atoms. The smallest absolute Gasteiger partial charge is 0.318 e. The molecular weight excluding hydrogens is 352 g/mol. The summed E-state index contributed by atoms with van der Waals surface area (Å²) in [4.78, 5) is 26.6. The van der Waals surface area contributed by atoms with E-state index in [1.54, 1.807) is 0 Å². The molecule has 4 heteroatoms. The number of ether oxygens (including phenoxy) is 2. The standard InChI is InChI=1S/C24H18O4/c1-27-21(25)23-17-12-11-13-7-3-4-8-14(13)18(17)19-15-9-5-6-10-16(15)20(23)24(19,23)22(26)28-2/h3-12,19-20H,1-2H3. The summed E-state index contributed by atoms with van der Waals surface area (Å²) in [6, 6.07) is 20.3. The maximum absolute atomic E-state index is 13.3. The summed E-state index contributed by atoms with van der Waals surface area (Å²) in [5.41, 5.74) is 2.19. The lowest BCUT2D eigenvalue weighted by molar-refractivity contribution is -0.154. The number of carbonyl (C=O) groups is 2. The van der Waals surface area contributed by atoms with Crippen molar-refractivity contribution in [2.24, 2.45) is 5.41 Å². The highest BCUT2D eigenvalue weighted by molar-refractivity contribution is 6.11. The van der Waals surface area contributed by atoms with Crippen LogP contribution in [0.2, 0.25) is 0 Å². The molecule has 3 aromatic carbocycles. The first-order chi connectivity index (χ1) is 13.7. The van der Waals surface area contributed by atoms with Crippen LogP contribution in [0.25, 0.3) is 10.8 Å². The number of fused-ring (bicyclic) bond motifs is 9.